The molecule has 8 nitrogen and oxygen atoms in total. The van der Waals surface area contributed by atoms with E-state index < -0.39 is 5.60 Å². The third-order valence-corrected chi connectivity index (χ3v) is 7.85. The molecule has 2 heterocycles. The molecule has 1 N–H and O–H groups in total. The van der Waals surface area contributed by atoms with Gasteiger partial charge in [0, 0.05) is 48.0 Å². The van der Waals surface area contributed by atoms with Crippen LogP contribution in [0, 0.1) is 5.92 Å². The van der Waals surface area contributed by atoms with E-state index in [0.29, 0.717) is 25.1 Å². The van der Waals surface area contributed by atoms with Crippen molar-refractivity contribution in [1.29, 1.82) is 0 Å². The van der Waals surface area contributed by atoms with Gasteiger partial charge in [0.2, 0.25) is 0 Å². The lowest BCUT2D eigenvalue weighted by molar-refractivity contribution is -0.146. The molecule has 1 aromatic heterocycles. The van der Waals surface area contributed by atoms with Gasteiger partial charge in [-0.3, -0.25) is 9.59 Å². The highest BCUT2D eigenvalue weighted by Gasteiger charge is 2.28. The number of methoxy groups -OCH3 is 1. The van der Waals surface area contributed by atoms with Crippen molar-refractivity contribution in [3.8, 4) is 10.6 Å². The molecule has 2 aliphatic rings. The maximum absolute atomic E-state index is 12.7. The van der Waals surface area contributed by atoms with Crippen molar-refractivity contribution in [1.82, 2.24) is 15.2 Å². The van der Waals surface area contributed by atoms with Crippen LogP contribution in [0.1, 0.15) is 67.4 Å². The fourth-order valence-electron chi connectivity index (χ4n) is 4.67. The van der Waals surface area contributed by atoms with Crippen LogP contribution in [-0.4, -0.2) is 59.7 Å². The van der Waals surface area contributed by atoms with Gasteiger partial charge in [0.25, 0.3) is 5.91 Å². The van der Waals surface area contributed by atoms with E-state index in [2.05, 4.69) is 5.32 Å². The van der Waals surface area contributed by atoms with E-state index in [1.54, 1.807) is 16.2 Å². The highest BCUT2D eigenvalue weighted by Crippen LogP contribution is 2.31. The molecule has 0 bridgehead atoms. The number of nitrogens with zero attached hydrogens (tertiary/aromatic N) is 2. The molecule has 1 saturated carbocycles. The molecule has 0 unspecified atom stereocenters. The minimum Gasteiger partial charge on any atom is -0.469 e. The Kier molecular flexibility index (Phi) is 7.97. The maximum atomic E-state index is 12.7. The van der Waals surface area contributed by atoms with Crippen LogP contribution in [0.2, 0.25) is 0 Å². The second-order valence-corrected chi connectivity index (χ2v) is 11.6. The topological polar surface area (TPSA) is 97.8 Å². The van der Waals surface area contributed by atoms with Crippen LogP contribution in [0.5, 0.6) is 0 Å². The number of esters is 1. The fraction of sp³-hybridized carbons (Fsp3) is 0.556. The molecule has 0 radical (unpaired) electrons. The summed E-state index contributed by atoms with van der Waals surface area (Å²) in [6.07, 6.45) is 4.21. The molecule has 1 aromatic carbocycles. The minimum absolute atomic E-state index is 0.0590. The zero-order valence-electron chi connectivity index (χ0n) is 21.5. The second kappa shape index (κ2) is 11.0. The van der Waals surface area contributed by atoms with Crippen molar-refractivity contribution >= 4 is 29.3 Å². The highest BCUT2D eigenvalue weighted by molar-refractivity contribution is 7.15. The molecular weight excluding hydrogens is 478 g/mol. The number of hydrogen-bond donors (Lipinski definition) is 1. The van der Waals surface area contributed by atoms with E-state index in [0.717, 1.165) is 48.4 Å². The average molecular weight is 514 g/mol. The Balaban J connectivity index is 1.32. The Morgan fingerprint density at radius 2 is 1.69 bits per heavy atom. The van der Waals surface area contributed by atoms with Crippen LogP contribution in [0.15, 0.2) is 24.3 Å². The Morgan fingerprint density at radius 1 is 1.03 bits per heavy atom. The van der Waals surface area contributed by atoms with Gasteiger partial charge in [-0.1, -0.05) is 12.1 Å². The van der Waals surface area contributed by atoms with Crippen molar-refractivity contribution < 1.29 is 23.9 Å². The number of fused-ring (bicyclic) bond motifs is 1. The number of carbonyl (C=O) groups excluding carboxylic acids is 3. The van der Waals surface area contributed by atoms with Crippen LogP contribution in [0.3, 0.4) is 0 Å². The smallest absolute Gasteiger partial charge is 0.410 e. The lowest BCUT2D eigenvalue weighted by Gasteiger charge is -2.27. The van der Waals surface area contributed by atoms with Crippen molar-refractivity contribution in [3.63, 3.8) is 0 Å². The number of amides is 2. The van der Waals surface area contributed by atoms with E-state index in [1.807, 2.05) is 45.0 Å². The average Bonchev–Trinajstić information content (AvgIpc) is 3.15. The molecule has 1 aliphatic heterocycles. The van der Waals surface area contributed by atoms with Crippen LogP contribution in [0.4, 0.5) is 4.79 Å². The van der Waals surface area contributed by atoms with Crippen molar-refractivity contribution in [2.24, 2.45) is 5.92 Å². The fourth-order valence-corrected chi connectivity index (χ4v) is 5.77. The number of rotatable bonds is 4. The number of nitrogens with one attached hydrogen (secondary N) is 1. The first-order valence-electron chi connectivity index (χ1n) is 12.6. The second-order valence-electron chi connectivity index (χ2n) is 10.5. The largest absolute Gasteiger partial charge is 0.469 e. The predicted molar refractivity (Wildman–Crippen MR) is 138 cm³/mol. The van der Waals surface area contributed by atoms with Crippen molar-refractivity contribution in [2.45, 2.75) is 70.9 Å². The third kappa shape index (κ3) is 6.43. The van der Waals surface area contributed by atoms with Gasteiger partial charge in [0.05, 0.1) is 18.7 Å². The van der Waals surface area contributed by atoms with E-state index in [1.165, 1.54) is 12.0 Å². The third-order valence-electron chi connectivity index (χ3n) is 6.65. The van der Waals surface area contributed by atoms with Gasteiger partial charge < -0.3 is 19.7 Å². The first-order valence-corrected chi connectivity index (χ1v) is 13.4. The summed E-state index contributed by atoms with van der Waals surface area (Å²) in [7, 11) is 1.42. The summed E-state index contributed by atoms with van der Waals surface area (Å²) in [5.41, 5.74) is 2.12. The number of aromatic nitrogens is 1. The first kappa shape index (κ1) is 26.1. The molecule has 194 valence electrons. The normalized spacial score (nSPS) is 20.2. The van der Waals surface area contributed by atoms with Gasteiger partial charge in [-0.15, -0.1) is 11.3 Å². The van der Waals surface area contributed by atoms with Crippen LogP contribution < -0.4 is 5.32 Å². The quantitative estimate of drug-likeness (QED) is 0.600. The maximum Gasteiger partial charge on any atom is 0.410 e. The minimum atomic E-state index is -0.507. The number of carbonyl (C=O) groups is 3. The standard InChI is InChI=1S/C27H35N3O5S/c1-27(2,3)35-26(33)30-15-13-21-22(14-16-30)36-24(29-21)18-7-5-17(6-8-18)23(31)28-20-11-9-19(10-12-20)25(32)34-4/h5-8,19-20H,9-16H2,1-4H3,(H,28,31)/t19-,20-. The van der Waals surface area contributed by atoms with Gasteiger partial charge in [-0.25, -0.2) is 9.78 Å². The molecule has 4 rings (SSSR count). The van der Waals surface area contributed by atoms with E-state index in [9.17, 15) is 14.4 Å². The summed E-state index contributed by atoms with van der Waals surface area (Å²) in [5, 5.41) is 4.03. The lowest BCUT2D eigenvalue weighted by Crippen LogP contribution is -2.38. The molecular formula is C27H35N3O5S. The first-order chi connectivity index (χ1) is 17.1. The molecule has 1 fully saturated rings. The Labute approximate surface area is 216 Å². The van der Waals surface area contributed by atoms with Gasteiger partial charge in [-0.05, 0) is 58.6 Å². The number of thiazole rings is 1. The van der Waals surface area contributed by atoms with E-state index in [-0.39, 0.29) is 29.9 Å². The molecule has 0 atom stereocenters. The van der Waals surface area contributed by atoms with Gasteiger partial charge in [0.1, 0.15) is 10.6 Å². The van der Waals surface area contributed by atoms with Crippen LogP contribution in [-0.2, 0) is 27.1 Å². The van der Waals surface area contributed by atoms with E-state index >= 15 is 0 Å². The zero-order chi connectivity index (χ0) is 25.9. The summed E-state index contributed by atoms with van der Waals surface area (Å²) >= 11 is 1.65. The molecule has 1 aliphatic carbocycles. The van der Waals surface area contributed by atoms with Crippen LogP contribution >= 0.6 is 11.3 Å². The summed E-state index contributed by atoms with van der Waals surface area (Å²) in [5.74, 6) is -0.313. The summed E-state index contributed by atoms with van der Waals surface area (Å²) in [4.78, 5) is 44.7. The van der Waals surface area contributed by atoms with Crippen molar-refractivity contribution in [3.05, 3.63) is 40.4 Å². The number of hydrogen-bond acceptors (Lipinski definition) is 7. The Morgan fingerprint density at radius 3 is 2.33 bits per heavy atom. The highest BCUT2D eigenvalue weighted by atomic mass is 32.1. The molecule has 36 heavy (non-hydrogen) atoms. The molecule has 9 heteroatoms. The van der Waals surface area contributed by atoms with E-state index in [4.69, 9.17) is 14.5 Å². The molecule has 0 saturated heterocycles. The summed E-state index contributed by atoms with van der Waals surface area (Å²) in [6, 6.07) is 7.62. The Bertz CT molecular complexity index is 1070. The SMILES string of the molecule is COC(=O)[C@H]1CC[C@H](NC(=O)c2ccc(-c3nc4c(s3)CCN(C(=O)OC(C)(C)C)CC4)cc2)CC1. The van der Waals surface area contributed by atoms with Crippen molar-refractivity contribution in [2.75, 3.05) is 20.2 Å². The molecule has 2 amide bonds. The van der Waals surface area contributed by atoms with Gasteiger partial charge in [-0.2, -0.15) is 0 Å². The van der Waals surface area contributed by atoms with Gasteiger partial charge >= 0.3 is 12.1 Å². The van der Waals surface area contributed by atoms with Gasteiger partial charge in [0.15, 0.2) is 0 Å². The zero-order valence-corrected chi connectivity index (χ0v) is 22.3. The number of ether oxygens (including phenoxy) is 2. The monoisotopic (exact) mass is 513 g/mol. The number of benzene rings is 1. The molecule has 0 spiro atoms. The summed E-state index contributed by atoms with van der Waals surface area (Å²) in [6.45, 7) is 6.83. The predicted octanol–water partition coefficient (Wildman–Crippen LogP) is 4.61. The Hall–Kier alpha value is -2.94. The lowest BCUT2D eigenvalue weighted by atomic mass is 9.86. The summed E-state index contributed by atoms with van der Waals surface area (Å²) < 4.78 is 10.4. The molecule has 2 aromatic rings. The van der Waals surface area contributed by atoms with Crippen LogP contribution in [0.25, 0.3) is 10.6 Å².